The second kappa shape index (κ2) is 7.61. The monoisotopic (exact) mass is 398 g/mol. The Bertz CT molecular complexity index is 398. The van der Waals surface area contributed by atoms with Gasteiger partial charge in [0.25, 0.3) is 0 Å². The Labute approximate surface area is 137 Å². The first kappa shape index (κ1) is 19.5. The molecule has 0 aromatic rings. The molecular formula is C11H21GaO11. The molecule has 2 fully saturated rings. The van der Waals surface area contributed by atoms with Crippen LogP contribution in [0.5, 0.6) is 0 Å². The number of rotatable bonds is 5. The molecule has 2 aliphatic heterocycles. The van der Waals surface area contributed by atoms with E-state index < -0.39 is 83.8 Å². The van der Waals surface area contributed by atoms with Crippen LogP contribution in [0.2, 0.25) is 0 Å². The second-order valence-electron chi connectivity index (χ2n) is 5.56. The van der Waals surface area contributed by atoms with Crippen LogP contribution in [-0.2, 0) is 11.8 Å². The molecule has 0 radical (unpaired) electrons. The summed E-state index contributed by atoms with van der Waals surface area (Å²) in [5.41, 5.74) is 0. The molecule has 0 aliphatic carbocycles. The van der Waals surface area contributed by atoms with Gasteiger partial charge >= 0.3 is 136 Å². The SMILES string of the molecule is OC[C@H]1OC(CO)([O][Ga]2[O][C@H](CO)[C@@H](O)[C@H](O)[C@H]2O)[C@@H](O)[C@@H]1O. The summed E-state index contributed by atoms with van der Waals surface area (Å²) in [6, 6.07) is 0. The summed E-state index contributed by atoms with van der Waals surface area (Å²) >= 11 is -3.85. The van der Waals surface area contributed by atoms with Crippen molar-refractivity contribution in [3.05, 3.63) is 0 Å². The van der Waals surface area contributed by atoms with Gasteiger partial charge in [0.2, 0.25) is 0 Å². The molecule has 12 heteroatoms. The molecule has 0 spiro atoms. The Morgan fingerprint density at radius 3 is 1.96 bits per heavy atom. The van der Waals surface area contributed by atoms with Gasteiger partial charge in [-0.1, -0.05) is 0 Å². The molecule has 0 amide bonds. The van der Waals surface area contributed by atoms with Gasteiger partial charge in [0.05, 0.1) is 0 Å². The first-order valence-electron chi connectivity index (χ1n) is 7.05. The number of ether oxygens (including phenoxy) is 1. The van der Waals surface area contributed by atoms with E-state index in [4.69, 9.17) is 22.0 Å². The maximum atomic E-state index is 10.0. The molecule has 11 nitrogen and oxygen atoms in total. The fraction of sp³-hybridized carbons (Fsp3) is 1.00. The molecule has 0 saturated carbocycles. The normalized spacial score (nSPS) is 48.0. The van der Waals surface area contributed by atoms with E-state index >= 15 is 0 Å². The molecule has 1 unspecified atom stereocenters. The minimum atomic E-state index is -3.85. The van der Waals surface area contributed by atoms with E-state index in [0.29, 0.717) is 0 Å². The first-order valence-corrected chi connectivity index (χ1v) is 10.4. The molecule has 8 N–H and O–H groups in total. The molecule has 134 valence electrons. The van der Waals surface area contributed by atoms with Crippen molar-refractivity contribution in [3.8, 4) is 0 Å². The maximum absolute atomic E-state index is 10.0. The van der Waals surface area contributed by atoms with E-state index in [1.165, 1.54) is 0 Å². The Balaban J connectivity index is 2.18. The van der Waals surface area contributed by atoms with Crippen molar-refractivity contribution >= 4 is 16.9 Å². The molecular weight excluding hydrogens is 378 g/mol. The summed E-state index contributed by atoms with van der Waals surface area (Å²) < 4.78 is 14.3. The average molecular weight is 399 g/mol. The molecule has 2 saturated heterocycles. The van der Waals surface area contributed by atoms with Gasteiger partial charge in [0.1, 0.15) is 0 Å². The van der Waals surface area contributed by atoms with Crippen LogP contribution in [0.25, 0.3) is 0 Å². The third-order valence-corrected chi connectivity index (χ3v) is 8.69. The van der Waals surface area contributed by atoms with Crippen LogP contribution < -0.4 is 0 Å². The standard InChI is InChI=1S/C6H11O6.C5H10O5.Ga/c7-1-3-4(9)5(10)6(11,2-8)12-3;6-1-3(8)5(10)4(9)2-7;/h3-5,7-10H,1-2H2;1,3-8,10H,2H2;/q2*-1;+2/t3-,4-,5+,6?;3-,4-,5+;/m11./s1. The van der Waals surface area contributed by atoms with Crippen LogP contribution >= 0.6 is 0 Å². The van der Waals surface area contributed by atoms with E-state index in [9.17, 15) is 30.6 Å². The van der Waals surface area contributed by atoms with Crippen molar-refractivity contribution in [2.75, 3.05) is 19.8 Å². The first-order chi connectivity index (χ1) is 10.8. The van der Waals surface area contributed by atoms with Crippen LogP contribution in [0.15, 0.2) is 0 Å². The second-order valence-corrected chi connectivity index (χ2v) is 9.60. The number of aliphatic hydroxyl groups excluding tert-OH is 8. The quantitative estimate of drug-likeness (QED) is 0.206. The van der Waals surface area contributed by atoms with E-state index in [0.717, 1.165) is 0 Å². The summed E-state index contributed by atoms with van der Waals surface area (Å²) in [5.74, 6) is -2.14. The molecule has 8 atom stereocenters. The van der Waals surface area contributed by atoms with E-state index in [1.54, 1.807) is 0 Å². The molecule has 0 aromatic heterocycles. The van der Waals surface area contributed by atoms with Crippen molar-refractivity contribution in [3.63, 3.8) is 0 Å². The zero-order valence-electron chi connectivity index (χ0n) is 12.0. The molecule has 0 aromatic carbocycles. The van der Waals surface area contributed by atoms with Crippen molar-refractivity contribution < 1.29 is 52.6 Å². The van der Waals surface area contributed by atoms with Crippen molar-refractivity contribution in [1.29, 1.82) is 0 Å². The molecule has 2 aliphatic rings. The summed E-state index contributed by atoms with van der Waals surface area (Å²) in [4.78, 5) is 0. The van der Waals surface area contributed by atoms with Crippen LogP contribution in [0.3, 0.4) is 0 Å². The predicted octanol–water partition coefficient (Wildman–Crippen LogP) is -5.69. The number of hydrogen-bond donors (Lipinski definition) is 8. The van der Waals surface area contributed by atoms with Crippen LogP contribution in [0.1, 0.15) is 0 Å². The third-order valence-electron chi connectivity index (χ3n) is 4.07. The Kier molecular flexibility index (Phi) is 6.46. The topological polar surface area (TPSA) is 190 Å². The summed E-state index contributed by atoms with van der Waals surface area (Å²) in [5, 5.41) is 77.0. The zero-order chi connectivity index (χ0) is 17.4. The van der Waals surface area contributed by atoms with Gasteiger partial charge in [-0.25, -0.2) is 0 Å². The van der Waals surface area contributed by atoms with Gasteiger partial charge in [-0.15, -0.1) is 0 Å². The van der Waals surface area contributed by atoms with Gasteiger partial charge in [0.15, 0.2) is 0 Å². The van der Waals surface area contributed by atoms with Gasteiger partial charge in [0, 0.05) is 0 Å². The Morgan fingerprint density at radius 1 is 0.870 bits per heavy atom. The average Bonchev–Trinajstić information content (AvgIpc) is 2.80. The van der Waals surface area contributed by atoms with Crippen molar-refractivity contribution in [1.82, 2.24) is 0 Å². The molecule has 2 rings (SSSR count). The van der Waals surface area contributed by atoms with Crippen LogP contribution in [0.4, 0.5) is 0 Å². The summed E-state index contributed by atoms with van der Waals surface area (Å²) in [7, 11) is 0. The summed E-state index contributed by atoms with van der Waals surface area (Å²) in [6.45, 7) is -2.21. The van der Waals surface area contributed by atoms with Gasteiger partial charge in [-0.05, 0) is 0 Å². The number of aliphatic hydroxyl groups is 8. The molecule has 0 bridgehead atoms. The Morgan fingerprint density at radius 2 is 1.48 bits per heavy atom. The van der Waals surface area contributed by atoms with Crippen molar-refractivity contribution in [2.45, 2.75) is 47.1 Å². The molecule has 23 heavy (non-hydrogen) atoms. The van der Waals surface area contributed by atoms with E-state index in [-0.39, 0.29) is 0 Å². The molecule has 2 heterocycles. The zero-order valence-corrected chi connectivity index (χ0v) is 14.5. The van der Waals surface area contributed by atoms with Gasteiger partial charge in [-0.2, -0.15) is 0 Å². The third kappa shape index (κ3) is 3.45. The minimum absolute atomic E-state index is 0.645. The fourth-order valence-electron chi connectivity index (χ4n) is 2.63. The summed E-state index contributed by atoms with van der Waals surface area (Å²) in [6.07, 6.45) is -8.87. The van der Waals surface area contributed by atoms with E-state index in [1.807, 2.05) is 0 Å². The number of hydrogen-bond acceptors (Lipinski definition) is 11. The van der Waals surface area contributed by atoms with Crippen LogP contribution in [-0.4, -0.2) is 125 Å². The van der Waals surface area contributed by atoms with Gasteiger partial charge < -0.3 is 0 Å². The van der Waals surface area contributed by atoms with E-state index in [2.05, 4.69) is 0 Å². The van der Waals surface area contributed by atoms with Gasteiger partial charge in [-0.3, -0.25) is 0 Å². The Hall–Kier alpha value is 0.196. The van der Waals surface area contributed by atoms with Crippen LogP contribution in [0, 0.1) is 0 Å². The predicted molar refractivity (Wildman–Crippen MR) is 70.6 cm³/mol. The fourth-order valence-corrected chi connectivity index (χ4v) is 7.16. The van der Waals surface area contributed by atoms with Crippen molar-refractivity contribution in [2.24, 2.45) is 0 Å².